The van der Waals surface area contributed by atoms with Gasteiger partial charge in [0.05, 0.1) is 18.8 Å². The Kier molecular flexibility index (Phi) is 37.8. The van der Waals surface area contributed by atoms with Gasteiger partial charge in [-0.05, 0) is 57.8 Å². The van der Waals surface area contributed by atoms with E-state index in [2.05, 4.69) is 55.6 Å². The number of allylic oxidation sites excluding steroid dienone is 7. The van der Waals surface area contributed by atoms with E-state index in [-0.39, 0.29) is 6.61 Å². The summed E-state index contributed by atoms with van der Waals surface area (Å²) in [4.78, 5) is 12.4. The zero-order valence-electron chi connectivity index (χ0n) is 32.3. The molecule has 0 aliphatic heterocycles. The van der Waals surface area contributed by atoms with Crippen molar-refractivity contribution in [3.8, 4) is 0 Å². The maximum atomic E-state index is 12.4. The summed E-state index contributed by atoms with van der Waals surface area (Å²) in [6, 6.07) is -0.814. The Bertz CT molecular complexity index is 805. The zero-order chi connectivity index (χ0) is 35.9. The molecule has 0 saturated heterocycles. The SMILES string of the molecule is CC/C=C\C/C=C\CCCCCCCCCCCCCCCC(O)C(=O)NC(CO)C(O)/C=C/CC/C=C/CCCCCCCCCCC. The Morgan fingerprint density at radius 2 is 0.959 bits per heavy atom. The molecule has 4 N–H and O–H groups in total. The molecule has 0 aromatic carbocycles. The number of carbonyl (C=O) groups is 1. The van der Waals surface area contributed by atoms with Gasteiger partial charge in [0, 0.05) is 0 Å². The van der Waals surface area contributed by atoms with Crippen LogP contribution < -0.4 is 5.32 Å². The fourth-order valence-corrected chi connectivity index (χ4v) is 6.12. The first kappa shape index (κ1) is 47.3. The van der Waals surface area contributed by atoms with Crippen LogP contribution in [0.2, 0.25) is 0 Å². The largest absolute Gasteiger partial charge is 0.394 e. The molecule has 0 aromatic heterocycles. The first-order valence-electron chi connectivity index (χ1n) is 21.0. The summed E-state index contributed by atoms with van der Waals surface area (Å²) < 4.78 is 0. The van der Waals surface area contributed by atoms with E-state index in [1.165, 1.54) is 128 Å². The summed E-state index contributed by atoms with van der Waals surface area (Å²) in [6.45, 7) is 4.06. The molecule has 0 aliphatic carbocycles. The number of hydrogen-bond donors (Lipinski definition) is 4. The van der Waals surface area contributed by atoms with Gasteiger partial charge in [-0.3, -0.25) is 4.79 Å². The van der Waals surface area contributed by atoms with Crippen molar-refractivity contribution in [2.24, 2.45) is 0 Å². The van der Waals surface area contributed by atoms with Gasteiger partial charge in [0.25, 0.3) is 0 Å². The summed E-state index contributed by atoms with van der Waals surface area (Å²) in [6.07, 6.45) is 49.9. The lowest BCUT2D eigenvalue weighted by Crippen LogP contribution is -2.48. The lowest BCUT2D eigenvalue weighted by Gasteiger charge is -2.21. The fraction of sp³-hybridized carbons (Fsp3) is 0.795. The molecule has 0 aromatic rings. The van der Waals surface area contributed by atoms with Crippen molar-refractivity contribution in [1.29, 1.82) is 0 Å². The van der Waals surface area contributed by atoms with Gasteiger partial charge in [-0.2, -0.15) is 0 Å². The van der Waals surface area contributed by atoms with Crippen LogP contribution in [0.25, 0.3) is 0 Å². The topological polar surface area (TPSA) is 89.8 Å². The highest BCUT2D eigenvalue weighted by Crippen LogP contribution is 2.15. The number of amides is 1. The maximum Gasteiger partial charge on any atom is 0.249 e. The van der Waals surface area contributed by atoms with E-state index in [4.69, 9.17) is 0 Å². The van der Waals surface area contributed by atoms with Crippen molar-refractivity contribution in [3.05, 3.63) is 48.6 Å². The summed E-state index contributed by atoms with van der Waals surface area (Å²) in [5.74, 6) is -0.516. The van der Waals surface area contributed by atoms with Gasteiger partial charge < -0.3 is 20.6 Å². The second kappa shape index (κ2) is 39.1. The standard InChI is InChI=1S/C44H81NO4/c1-3-5-7-9-11-13-15-17-19-20-21-22-23-25-27-29-31-33-35-37-39-43(48)44(49)45-41(40-46)42(47)38-36-34-32-30-28-26-24-18-16-14-12-10-8-6-4-2/h5,7,11,13,28,30,36,38,41-43,46-48H,3-4,6,8-10,12,14-27,29,31-35,37,39-40H2,1-2H3,(H,45,49)/b7-5-,13-11-,30-28+,38-36+. The third-order valence-corrected chi connectivity index (χ3v) is 9.40. The molecule has 0 saturated carbocycles. The first-order chi connectivity index (χ1) is 24.1. The average Bonchev–Trinajstić information content (AvgIpc) is 3.11. The Morgan fingerprint density at radius 3 is 1.47 bits per heavy atom. The molecular formula is C44H81NO4. The molecule has 0 bridgehead atoms. The van der Waals surface area contributed by atoms with E-state index in [1.807, 2.05) is 6.08 Å². The van der Waals surface area contributed by atoms with Crippen LogP contribution in [0.5, 0.6) is 0 Å². The second-order valence-electron chi connectivity index (χ2n) is 14.2. The molecule has 0 fully saturated rings. The molecule has 5 nitrogen and oxygen atoms in total. The van der Waals surface area contributed by atoms with Gasteiger partial charge >= 0.3 is 0 Å². The molecule has 0 aliphatic rings. The maximum absolute atomic E-state index is 12.4. The van der Waals surface area contributed by atoms with Crippen LogP contribution in [0.4, 0.5) is 0 Å². The predicted molar refractivity (Wildman–Crippen MR) is 213 cm³/mol. The lowest BCUT2D eigenvalue weighted by molar-refractivity contribution is -0.131. The first-order valence-corrected chi connectivity index (χ1v) is 21.0. The average molecular weight is 688 g/mol. The number of carbonyl (C=O) groups excluding carboxylic acids is 1. The van der Waals surface area contributed by atoms with Crippen LogP contribution in [0.15, 0.2) is 48.6 Å². The van der Waals surface area contributed by atoms with E-state index in [1.54, 1.807) is 6.08 Å². The number of hydrogen-bond acceptors (Lipinski definition) is 4. The Balaban J connectivity index is 3.71. The molecular weight excluding hydrogens is 606 g/mol. The van der Waals surface area contributed by atoms with Crippen molar-refractivity contribution in [2.45, 2.75) is 218 Å². The van der Waals surface area contributed by atoms with E-state index in [9.17, 15) is 20.1 Å². The molecule has 3 unspecified atom stereocenters. The highest BCUT2D eigenvalue weighted by molar-refractivity contribution is 5.80. The second-order valence-corrected chi connectivity index (χ2v) is 14.2. The van der Waals surface area contributed by atoms with Crippen molar-refractivity contribution >= 4 is 5.91 Å². The summed E-state index contributed by atoms with van der Waals surface area (Å²) >= 11 is 0. The van der Waals surface area contributed by atoms with Crippen LogP contribution in [-0.2, 0) is 4.79 Å². The number of rotatable bonds is 37. The normalized spacial score (nSPS) is 14.1. The Labute approximate surface area is 304 Å². The fourth-order valence-electron chi connectivity index (χ4n) is 6.12. The van der Waals surface area contributed by atoms with Crippen molar-refractivity contribution in [2.75, 3.05) is 6.61 Å². The highest BCUT2D eigenvalue weighted by Gasteiger charge is 2.22. The van der Waals surface area contributed by atoms with E-state index in [0.717, 1.165) is 51.4 Å². The minimum absolute atomic E-state index is 0.377. The van der Waals surface area contributed by atoms with Crippen molar-refractivity contribution < 1.29 is 20.1 Å². The third-order valence-electron chi connectivity index (χ3n) is 9.40. The van der Waals surface area contributed by atoms with Crippen LogP contribution >= 0.6 is 0 Å². The molecule has 3 atom stereocenters. The van der Waals surface area contributed by atoms with Gasteiger partial charge in [-0.15, -0.1) is 0 Å². The minimum atomic E-state index is -1.11. The van der Waals surface area contributed by atoms with Crippen LogP contribution in [0, 0.1) is 0 Å². The number of aliphatic hydroxyl groups excluding tert-OH is 3. The number of nitrogens with one attached hydrogen (secondary N) is 1. The Hall–Kier alpha value is -1.69. The van der Waals surface area contributed by atoms with Crippen LogP contribution in [0.3, 0.4) is 0 Å². The molecule has 5 heteroatoms. The van der Waals surface area contributed by atoms with Crippen LogP contribution in [0.1, 0.15) is 200 Å². The summed E-state index contributed by atoms with van der Waals surface area (Å²) in [5, 5.41) is 33.1. The highest BCUT2D eigenvalue weighted by atomic mass is 16.3. The van der Waals surface area contributed by atoms with E-state index >= 15 is 0 Å². The quantitative estimate of drug-likeness (QED) is 0.0386. The molecule has 49 heavy (non-hydrogen) atoms. The molecule has 0 heterocycles. The van der Waals surface area contributed by atoms with Gasteiger partial charge in [-0.1, -0.05) is 191 Å². The number of aliphatic hydroxyl groups is 3. The molecule has 286 valence electrons. The number of unbranched alkanes of at least 4 members (excludes halogenated alkanes) is 23. The lowest BCUT2D eigenvalue weighted by atomic mass is 10.0. The molecule has 0 radical (unpaired) electrons. The van der Waals surface area contributed by atoms with Gasteiger partial charge in [0.1, 0.15) is 6.10 Å². The van der Waals surface area contributed by atoms with Gasteiger partial charge in [0.2, 0.25) is 5.91 Å². The van der Waals surface area contributed by atoms with Crippen molar-refractivity contribution in [1.82, 2.24) is 5.32 Å². The zero-order valence-corrected chi connectivity index (χ0v) is 32.3. The van der Waals surface area contributed by atoms with E-state index < -0.39 is 24.2 Å². The van der Waals surface area contributed by atoms with Gasteiger partial charge in [-0.25, -0.2) is 0 Å². The Morgan fingerprint density at radius 1 is 0.531 bits per heavy atom. The van der Waals surface area contributed by atoms with E-state index in [0.29, 0.717) is 6.42 Å². The third kappa shape index (κ3) is 34.5. The monoisotopic (exact) mass is 688 g/mol. The van der Waals surface area contributed by atoms with Gasteiger partial charge in [0.15, 0.2) is 0 Å². The smallest absolute Gasteiger partial charge is 0.249 e. The minimum Gasteiger partial charge on any atom is -0.394 e. The summed E-state index contributed by atoms with van der Waals surface area (Å²) in [7, 11) is 0. The summed E-state index contributed by atoms with van der Waals surface area (Å²) in [5.41, 5.74) is 0. The van der Waals surface area contributed by atoms with Crippen LogP contribution in [-0.4, -0.2) is 46.1 Å². The predicted octanol–water partition coefficient (Wildman–Crippen LogP) is 11.8. The molecule has 1 amide bonds. The molecule has 0 spiro atoms. The molecule has 0 rings (SSSR count). The van der Waals surface area contributed by atoms with Crippen molar-refractivity contribution in [3.63, 3.8) is 0 Å².